The summed E-state index contributed by atoms with van der Waals surface area (Å²) in [4.78, 5) is 20.4. The molecule has 0 amide bonds. The Bertz CT molecular complexity index is 264. The summed E-state index contributed by atoms with van der Waals surface area (Å²) >= 11 is 2.99. The lowest BCUT2D eigenvalue weighted by atomic mass is 10.3. The molecule has 1 heterocycles. The average molecular weight is 203 g/mol. The maximum Gasteiger partial charge on any atom is 0.260 e. The van der Waals surface area contributed by atoms with Crippen molar-refractivity contribution in [2.75, 3.05) is 0 Å². The third-order valence-electron chi connectivity index (χ3n) is 0.923. The lowest BCUT2D eigenvalue weighted by Crippen LogP contribution is -1.96. The van der Waals surface area contributed by atoms with Crippen LogP contribution in [-0.4, -0.2) is 12.1 Å². The molecule has 0 aromatic carbocycles. The van der Waals surface area contributed by atoms with Crippen molar-refractivity contribution in [3.8, 4) is 0 Å². The molecule has 0 fully saturated rings. The van der Waals surface area contributed by atoms with Crippen LogP contribution in [0.2, 0.25) is 0 Å². The Morgan fingerprint density at radius 2 is 2.30 bits per heavy atom. The Hall–Kier alpha value is -0.900. The van der Waals surface area contributed by atoms with Crippen molar-refractivity contribution < 1.29 is 14.0 Å². The molecule has 1 aromatic heterocycles. The molecule has 4 heteroatoms. The first-order valence-corrected chi connectivity index (χ1v) is 3.28. The number of rotatable bonds is 2. The van der Waals surface area contributed by atoms with Crippen LogP contribution in [0, 0.1) is 0 Å². The summed E-state index contributed by atoms with van der Waals surface area (Å²) in [7, 11) is 0. The van der Waals surface area contributed by atoms with Crippen LogP contribution >= 0.6 is 15.9 Å². The summed E-state index contributed by atoms with van der Waals surface area (Å²) in [5.74, 6) is -0.590. The van der Waals surface area contributed by atoms with Gasteiger partial charge in [-0.05, 0) is 28.1 Å². The van der Waals surface area contributed by atoms with Crippen molar-refractivity contribution >= 4 is 28.0 Å². The molecule has 1 aromatic rings. The summed E-state index contributed by atoms with van der Waals surface area (Å²) in [6.07, 6.45) is 0.214. The van der Waals surface area contributed by atoms with E-state index in [1.165, 1.54) is 6.07 Å². The molecule has 52 valence electrons. The van der Waals surface area contributed by atoms with Crippen LogP contribution in [0.3, 0.4) is 0 Å². The van der Waals surface area contributed by atoms with Gasteiger partial charge in [0, 0.05) is 0 Å². The Balaban J connectivity index is 2.95. The fraction of sp³-hybridized carbons (Fsp3) is 0. The van der Waals surface area contributed by atoms with E-state index in [2.05, 4.69) is 15.9 Å². The highest BCUT2D eigenvalue weighted by Crippen LogP contribution is 2.13. The standard InChI is InChI=1S/C6H3BrO3/c7-6-2-1-5(10-6)4(9)3-8/h1-3H. The first-order valence-electron chi connectivity index (χ1n) is 2.49. The number of carbonyl (C=O) groups is 2. The van der Waals surface area contributed by atoms with Gasteiger partial charge in [-0.3, -0.25) is 9.59 Å². The third kappa shape index (κ3) is 1.33. The minimum absolute atomic E-state index is 0.0573. The van der Waals surface area contributed by atoms with E-state index in [1.54, 1.807) is 6.07 Å². The van der Waals surface area contributed by atoms with Crippen LogP contribution in [0.5, 0.6) is 0 Å². The highest BCUT2D eigenvalue weighted by atomic mass is 79.9. The van der Waals surface area contributed by atoms with Gasteiger partial charge in [-0.2, -0.15) is 0 Å². The van der Waals surface area contributed by atoms with Crippen LogP contribution in [0.15, 0.2) is 21.2 Å². The maximum absolute atomic E-state index is 10.5. The molecule has 0 aliphatic heterocycles. The Labute approximate surface area is 65.1 Å². The summed E-state index contributed by atoms with van der Waals surface area (Å²) < 4.78 is 5.21. The van der Waals surface area contributed by atoms with E-state index in [-0.39, 0.29) is 12.0 Å². The fourth-order valence-corrected chi connectivity index (χ4v) is 0.811. The van der Waals surface area contributed by atoms with Gasteiger partial charge in [0.25, 0.3) is 5.78 Å². The molecule has 0 aliphatic rings. The quantitative estimate of drug-likeness (QED) is 0.414. The summed E-state index contributed by atoms with van der Waals surface area (Å²) in [5.41, 5.74) is 0. The Morgan fingerprint density at radius 1 is 1.60 bits per heavy atom. The monoisotopic (exact) mass is 202 g/mol. The van der Waals surface area contributed by atoms with Crippen LogP contribution in [0.1, 0.15) is 10.6 Å². The predicted octanol–water partition coefficient (Wildman–Crippen LogP) is 1.42. The molecule has 0 saturated heterocycles. The molecule has 0 bridgehead atoms. The second-order valence-corrected chi connectivity index (χ2v) is 2.37. The summed E-state index contributed by atoms with van der Waals surface area (Å²) in [5, 5.41) is 0. The summed E-state index contributed by atoms with van der Waals surface area (Å²) in [6.45, 7) is 0. The highest BCUT2D eigenvalue weighted by Gasteiger charge is 2.07. The van der Waals surface area contributed by atoms with Gasteiger partial charge < -0.3 is 4.42 Å². The van der Waals surface area contributed by atoms with Gasteiger partial charge in [0.2, 0.25) is 0 Å². The topological polar surface area (TPSA) is 47.3 Å². The number of halogens is 1. The second kappa shape index (κ2) is 2.79. The molecule has 1 rings (SSSR count). The van der Waals surface area contributed by atoms with Crippen molar-refractivity contribution in [2.45, 2.75) is 0 Å². The van der Waals surface area contributed by atoms with E-state index < -0.39 is 5.78 Å². The number of carbonyl (C=O) groups excluding carboxylic acids is 2. The Morgan fingerprint density at radius 3 is 2.70 bits per heavy atom. The lowest BCUT2D eigenvalue weighted by molar-refractivity contribution is -0.104. The third-order valence-corrected chi connectivity index (χ3v) is 1.35. The highest BCUT2D eigenvalue weighted by molar-refractivity contribution is 9.10. The predicted molar refractivity (Wildman–Crippen MR) is 36.8 cm³/mol. The number of hydrogen-bond acceptors (Lipinski definition) is 3. The Kier molecular flexibility index (Phi) is 2.01. The van der Waals surface area contributed by atoms with E-state index in [0.29, 0.717) is 4.67 Å². The molecule has 10 heavy (non-hydrogen) atoms. The largest absolute Gasteiger partial charge is 0.446 e. The smallest absolute Gasteiger partial charge is 0.260 e. The van der Waals surface area contributed by atoms with E-state index in [9.17, 15) is 9.59 Å². The van der Waals surface area contributed by atoms with E-state index in [4.69, 9.17) is 4.42 Å². The maximum atomic E-state index is 10.5. The molecule has 0 spiro atoms. The fourth-order valence-electron chi connectivity index (χ4n) is 0.505. The molecule has 0 atom stereocenters. The zero-order valence-corrected chi connectivity index (χ0v) is 6.42. The van der Waals surface area contributed by atoms with Crippen molar-refractivity contribution in [1.29, 1.82) is 0 Å². The van der Waals surface area contributed by atoms with E-state index in [1.807, 2.05) is 0 Å². The zero-order chi connectivity index (χ0) is 7.56. The average Bonchev–Trinajstić information content (AvgIpc) is 2.34. The first-order chi connectivity index (χ1) is 4.74. The van der Waals surface area contributed by atoms with Crippen LogP contribution < -0.4 is 0 Å². The van der Waals surface area contributed by atoms with Crippen LogP contribution in [0.4, 0.5) is 0 Å². The van der Waals surface area contributed by atoms with Gasteiger partial charge in [0.05, 0.1) is 0 Å². The van der Waals surface area contributed by atoms with Crippen LogP contribution in [-0.2, 0) is 4.79 Å². The molecular weight excluding hydrogens is 200 g/mol. The van der Waals surface area contributed by atoms with Crippen molar-refractivity contribution in [3.05, 3.63) is 22.6 Å². The molecule has 0 aliphatic carbocycles. The zero-order valence-electron chi connectivity index (χ0n) is 4.83. The minimum Gasteiger partial charge on any atom is -0.446 e. The van der Waals surface area contributed by atoms with Crippen molar-refractivity contribution in [2.24, 2.45) is 0 Å². The van der Waals surface area contributed by atoms with Gasteiger partial charge in [-0.25, -0.2) is 0 Å². The minimum atomic E-state index is -0.648. The van der Waals surface area contributed by atoms with Gasteiger partial charge in [0.15, 0.2) is 16.7 Å². The lowest BCUT2D eigenvalue weighted by Gasteiger charge is -1.81. The van der Waals surface area contributed by atoms with Crippen molar-refractivity contribution in [1.82, 2.24) is 0 Å². The number of hydrogen-bond donors (Lipinski definition) is 0. The van der Waals surface area contributed by atoms with Gasteiger partial charge in [-0.1, -0.05) is 0 Å². The second-order valence-electron chi connectivity index (χ2n) is 1.59. The molecule has 0 saturated carbocycles. The molecule has 0 unspecified atom stereocenters. The number of aldehydes is 1. The SMILES string of the molecule is O=CC(=O)c1ccc(Br)o1. The molecule has 3 nitrogen and oxygen atoms in total. The normalized spacial score (nSPS) is 9.30. The molecule has 0 N–H and O–H groups in total. The van der Waals surface area contributed by atoms with Crippen molar-refractivity contribution in [3.63, 3.8) is 0 Å². The summed E-state index contributed by atoms with van der Waals surface area (Å²) in [6, 6.07) is 2.98. The number of Topliss-reactive ketones (excluding diaryl/α,β-unsaturated/α-hetero) is 1. The van der Waals surface area contributed by atoms with E-state index in [0.717, 1.165) is 0 Å². The molecule has 0 radical (unpaired) electrons. The number of ketones is 1. The van der Waals surface area contributed by atoms with Crippen LogP contribution in [0.25, 0.3) is 0 Å². The van der Waals surface area contributed by atoms with Gasteiger partial charge in [-0.15, -0.1) is 0 Å². The molecular formula is C6H3BrO3. The van der Waals surface area contributed by atoms with Gasteiger partial charge >= 0.3 is 0 Å². The van der Waals surface area contributed by atoms with Gasteiger partial charge in [0.1, 0.15) is 0 Å². The number of furan rings is 1. The first kappa shape index (κ1) is 7.21. The van der Waals surface area contributed by atoms with E-state index >= 15 is 0 Å².